The molecule has 1 aromatic rings. The van der Waals surface area contributed by atoms with Gasteiger partial charge in [-0.25, -0.2) is 0 Å². The standard InChI is InChI=1S/C15H25NS/c1-3-8-15(2,12-16-14-4-5-14)9-6-13-7-10-17-11-13/h7,10-11,14,16H,3-6,8-9,12H2,1-2H3. The maximum Gasteiger partial charge on any atom is 0.00684 e. The summed E-state index contributed by atoms with van der Waals surface area (Å²) in [5.74, 6) is 0. The fourth-order valence-electron chi connectivity index (χ4n) is 2.46. The summed E-state index contributed by atoms with van der Waals surface area (Å²) in [7, 11) is 0. The number of thiophene rings is 1. The van der Waals surface area contributed by atoms with Crippen LogP contribution in [0.15, 0.2) is 16.8 Å². The van der Waals surface area contributed by atoms with E-state index in [2.05, 4.69) is 36.0 Å². The van der Waals surface area contributed by atoms with Gasteiger partial charge in [-0.2, -0.15) is 11.3 Å². The molecule has 1 nitrogen and oxygen atoms in total. The van der Waals surface area contributed by atoms with Gasteiger partial charge in [0, 0.05) is 12.6 Å². The minimum atomic E-state index is 0.485. The highest BCUT2D eigenvalue weighted by Crippen LogP contribution is 2.30. The van der Waals surface area contributed by atoms with E-state index in [1.165, 1.54) is 50.6 Å². The van der Waals surface area contributed by atoms with Crippen molar-refractivity contribution in [2.45, 2.75) is 58.4 Å². The molecule has 1 unspecified atom stereocenters. The maximum atomic E-state index is 3.71. The molecule has 0 bridgehead atoms. The summed E-state index contributed by atoms with van der Waals surface area (Å²) >= 11 is 1.82. The second kappa shape index (κ2) is 6.01. The monoisotopic (exact) mass is 251 g/mol. The highest BCUT2D eigenvalue weighted by Gasteiger charge is 2.27. The predicted molar refractivity (Wildman–Crippen MR) is 76.7 cm³/mol. The fourth-order valence-corrected chi connectivity index (χ4v) is 3.17. The molecule has 1 atom stereocenters. The van der Waals surface area contributed by atoms with Gasteiger partial charge in [0.05, 0.1) is 0 Å². The Morgan fingerprint density at radius 3 is 2.82 bits per heavy atom. The van der Waals surface area contributed by atoms with E-state index in [0.29, 0.717) is 5.41 Å². The minimum Gasteiger partial charge on any atom is -0.313 e. The van der Waals surface area contributed by atoms with Crippen LogP contribution in [0.4, 0.5) is 0 Å². The molecule has 1 aromatic heterocycles. The first-order valence-corrected chi connectivity index (χ1v) is 7.90. The third-order valence-electron chi connectivity index (χ3n) is 3.85. The molecule has 0 aromatic carbocycles. The van der Waals surface area contributed by atoms with E-state index in [9.17, 15) is 0 Å². The molecular weight excluding hydrogens is 226 g/mol. The first-order valence-electron chi connectivity index (χ1n) is 6.96. The van der Waals surface area contributed by atoms with Gasteiger partial charge in [-0.15, -0.1) is 0 Å². The molecule has 1 heterocycles. The van der Waals surface area contributed by atoms with Crippen LogP contribution in [0.1, 0.15) is 51.5 Å². The largest absolute Gasteiger partial charge is 0.313 e. The summed E-state index contributed by atoms with van der Waals surface area (Å²) in [4.78, 5) is 0. The second-order valence-corrected chi connectivity index (χ2v) is 6.63. The Balaban J connectivity index is 1.80. The van der Waals surface area contributed by atoms with Crippen LogP contribution in [-0.2, 0) is 6.42 Å². The molecule has 96 valence electrons. The zero-order chi connectivity index (χ0) is 12.1. The van der Waals surface area contributed by atoms with Gasteiger partial charge in [0.15, 0.2) is 0 Å². The lowest BCUT2D eigenvalue weighted by Gasteiger charge is -2.30. The molecule has 1 N–H and O–H groups in total. The summed E-state index contributed by atoms with van der Waals surface area (Å²) in [5.41, 5.74) is 2.00. The highest BCUT2D eigenvalue weighted by atomic mass is 32.1. The Labute approximate surface area is 110 Å². The van der Waals surface area contributed by atoms with E-state index in [4.69, 9.17) is 0 Å². The molecule has 2 heteroatoms. The van der Waals surface area contributed by atoms with E-state index < -0.39 is 0 Å². The predicted octanol–water partition coefficient (Wildman–Crippen LogP) is 4.24. The van der Waals surface area contributed by atoms with Crippen LogP contribution in [-0.4, -0.2) is 12.6 Å². The molecule has 0 amide bonds. The highest BCUT2D eigenvalue weighted by molar-refractivity contribution is 7.07. The lowest BCUT2D eigenvalue weighted by molar-refractivity contribution is 0.255. The lowest BCUT2D eigenvalue weighted by atomic mass is 9.80. The van der Waals surface area contributed by atoms with E-state index in [-0.39, 0.29) is 0 Å². The Hall–Kier alpha value is -0.340. The van der Waals surface area contributed by atoms with Crippen LogP contribution in [0.3, 0.4) is 0 Å². The maximum absolute atomic E-state index is 3.71. The number of rotatable bonds is 8. The van der Waals surface area contributed by atoms with Crippen molar-refractivity contribution in [3.05, 3.63) is 22.4 Å². The molecule has 0 aliphatic heterocycles. The van der Waals surface area contributed by atoms with Crippen molar-refractivity contribution < 1.29 is 0 Å². The third kappa shape index (κ3) is 4.44. The van der Waals surface area contributed by atoms with Gasteiger partial charge < -0.3 is 5.32 Å². The van der Waals surface area contributed by atoms with Gasteiger partial charge in [-0.1, -0.05) is 20.3 Å². The first-order chi connectivity index (χ1) is 8.22. The van der Waals surface area contributed by atoms with Gasteiger partial charge in [-0.05, 0) is 59.9 Å². The van der Waals surface area contributed by atoms with E-state index in [0.717, 1.165) is 6.04 Å². The second-order valence-electron chi connectivity index (χ2n) is 5.85. The van der Waals surface area contributed by atoms with E-state index in [1.807, 2.05) is 11.3 Å². The molecular formula is C15H25NS. The summed E-state index contributed by atoms with van der Waals surface area (Å²) in [6.07, 6.45) is 7.99. The quantitative estimate of drug-likeness (QED) is 0.728. The van der Waals surface area contributed by atoms with Gasteiger partial charge >= 0.3 is 0 Å². The minimum absolute atomic E-state index is 0.485. The molecule has 0 spiro atoms. The van der Waals surface area contributed by atoms with Crippen LogP contribution < -0.4 is 5.32 Å². The molecule has 0 radical (unpaired) electrons. The zero-order valence-corrected chi connectivity index (χ0v) is 12.0. The zero-order valence-electron chi connectivity index (χ0n) is 11.2. The summed E-state index contributed by atoms with van der Waals surface area (Å²) in [5, 5.41) is 8.20. The number of nitrogens with one attached hydrogen (secondary N) is 1. The molecule has 17 heavy (non-hydrogen) atoms. The van der Waals surface area contributed by atoms with Crippen molar-refractivity contribution in [3.8, 4) is 0 Å². The van der Waals surface area contributed by atoms with Crippen molar-refractivity contribution in [2.75, 3.05) is 6.54 Å². The number of aryl methyl sites for hydroxylation is 1. The summed E-state index contributed by atoms with van der Waals surface area (Å²) < 4.78 is 0. The average Bonchev–Trinajstić information content (AvgIpc) is 3.00. The molecule has 1 aliphatic carbocycles. The Bertz CT molecular complexity index is 316. The fraction of sp³-hybridized carbons (Fsp3) is 0.733. The Morgan fingerprint density at radius 2 is 2.24 bits per heavy atom. The third-order valence-corrected chi connectivity index (χ3v) is 4.58. The lowest BCUT2D eigenvalue weighted by Crippen LogP contribution is -2.33. The molecule has 1 aliphatic rings. The van der Waals surface area contributed by atoms with Crippen molar-refractivity contribution in [1.82, 2.24) is 5.32 Å². The van der Waals surface area contributed by atoms with Gasteiger partial charge in [0.25, 0.3) is 0 Å². The van der Waals surface area contributed by atoms with Crippen molar-refractivity contribution in [1.29, 1.82) is 0 Å². The van der Waals surface area contributed by atoms with Crippen molar-refractivity contribution >= 4 is 11.3 Å². The van der Waals surface area contributed by atoms with Crippen molar-refractivity contribution in [2.24, 2.45) is 5.41 Å². The SMILES string of the molecule is CCCC(C)(CCc1ccsc1)CNC1CC1. The van der Waals surface area contributed by atoms with Gasteiger partial charge in [0.1, 0.15) is 0 Å². The number of hydrogen-bond acceptors (Lipinski definition) is 2. The van der Waals surface area contributed by atoms with Gasteiger partial charge in [0.2, 0.25) is 0 Å². The first kappa shape index (κ1) is 13.1. The van der Waals surface area contributed by atoms with Crippen LogP contribution in [0.25, 0.3) is 0 Å². The summed E-state index contributed by atoms with van der Waals surface area (Å²) in [6.45, 7) is 5.97. The molecule has 1 fully saturated rings. The molecule has 2 rings (SSSR count). The van der Waals surface area contributed by atoms with Crippen LogP contribution in [0, 0.1) is 5.41 Å². The summed E-state index contributed by atoms with van der Waals surface area (Å²) in [6, 6.07) is 3.11. The van der Waals surface area contributed by atoms with Crippen molar-refractivity contribution in [3.63, 3.8) is 0 Å². The molecule has 1 saturated carbocycles. The van der Waals surface area contributed by atoms with Crippen LogP contribution in [0.5, 0.6) is 0 Å². The Kier molecular flexibility index (Phi) is 4.63. The van der Waals surface area contributed by atoms with Crippen LogP contribution in [0.2, 0.25) is 0 Å². The topological polar surface area (TPSA) is 12.0 Å². The number of hydrogen-bond donors (Lipinski definition) is 1. The van der Waals surface area contributed by atoms with E-state index in [1.54, 1.807) is 0 Å². The van der Waals surface area contributed by atoms with Crippen LogP contribution >= 0.6 is 11.3 Å². The smallest absolute Gasteiger partial charge is 0.00684 e. The Morgan fingerprint density at radius 1 is 1.41 bits per heavy atom. The van der Waals surface area contributed by atoms with E-state index >= 15 is 0 Å². The van der Waals surface area contributed by atoms with Gasteiger partial charge in [-0.3, -0.25) is 0 Å². The molecule has 0 saturated heterocycles. The average molecular weight is 251 g/mol. The normalized spacial score (nSPS) is 19.2.